The number of benzene rings is 2. The van der Waals surface area contributed by atoms with Crippen molar-refractivity contribution < 1.29 is 19.6 Å². The summed E-state index contributed by atoms with van der Waals surface area (Å²) < 4.78 is 0. The molecule has 6 nitrogen and oxygen atoms in total. The Bertz CT molecular complexity index is 870. The van der Waals surface area contributed by atoms with Crippen molar-refractivity contribution in [3.63, 3.8) is 0 Å². The lowest BCUT2D eigenvalue weighted by Gasteiger charge is -2.29. The first-order valence-electron chi connectivity index (χ1n) is 9.48. The van der Waals surface area contributed by atoms with Crippen LogP contribution in [0.3, 0.4) is 0 Å². The van der Waals surface area contributed by atoms with Gasteiger partial charge in [0.2, 0.25) is 5.91 Å². The zero-order valence-corrected chi connectivity index (χ0v) is 17.0. The number of nitrogens with zero attached hydrogens (tertiary/aromatic N) is 1. The largest absolute Gasteiger partial charge is 0.475 e. The van der Waals surface area contributed by atoms with Crippen molar-refractivity contribution in [1.29, 1.82) is 0 Å². The molecule has 29 heavy (non-hydrogen) atoms. The molecule has 0 unspecified atom stereocenters. The van der Waals surface area contributed by atoms with Gasteiger partial charge in [0.05, 0.1) is 5.94 Å². The molecule has 0 fully saturated rings. The third-order valence-corrected chi connectivity index (χ3v) is 4.84. The highest BCUT2D eigenvalue weighted by Crippen LogP contribution is 2.18. The second-order valence-electron chi connectivity index (χ2n) is 7.09. The standard InChI is InChI=1S/C22H27BN2O4/c1-5-21(26)25(19-9-7-6-8-10-19)17(4)22(27)24-20(23(28)29)14-18-12-11-15(2)13-16(18)3/h5-13,17,20,28-29H,1,14H2,2-4H3,(H,24,27)/t17-,20-/m0/s1. The Hall–Kier alpha value is -2.90. The van der Waals surface area contributed by atoms with Gasteiger partial charge in [0.15, 0.2) is 0 Å². The molecule has 0 spiro atoms. The van der Waals surface area contributed by atoms with Crippen molar-refractivity contribution in [1.82, 2.24) is 5.32 Å². The van der Waals surface area contributed by atoms with Crippen molar-refractivity contribution >= 4 is 24.6 Å². The highest BCUT2D eigenvalue weighted by Gasteiger charge is 2.31. The van der Waals surface area contributed by atoms with Crippen LogP contribution in [-0.4, -0.2) is 41.0 Å². The number of aryl methyl sites for hydroxylation is 2. The summed E-state index contributed by atoms with van der Waals surface area (Å²) in [6, 6.07) is 13.8. The third-order valence-electron chi connectivity index (χ3n) is 4.84. The maximum Gasteiger partial charge on any atom is 0.475 e. The van der Waals surface area contributed by atoms with Gasteiger partial charge in [0.25, 0.3) is 5.91 Å². The maximum atomic E-state index is 12.9. The van der Waals surface area contributed by atoms with E-state index in [1.54, 1.807) is 31.2 Å². The van der Waals surface area contributed by atoms with E-state index < -0.39 is 30.9 Å². The molecule has 0 radical (unpaired) electrons. The molecule has 0 bridgehead atoms. The normalized spacial score (nSPS) is 12.6. The first kappa shape index (κ1) is 22.4. The molecule has 0 aliphatic heterocycles. The Morgan fingerprint density at radius 3 is 2.38 bits per heavy atom. The fourth-order valence-electron chi connectivity index (χ4n) is 3.19. The lowest BCUT2D eigenvalue weighted by atomic mass is 9.75. The van der Waals surface area contributed by atoms with Crippen LogP contribution in [-0.2, 0) is 16.0 Å². The number of rotatable bonds is 8. The van der Waals surface area contributed by atoms with Crippen LogP contribution in [0.5, 0.6) is 0 Å². The van der Waals surface area contributed by atoms with E-state index in [-0.39, 0.29) is 6.42 Å². The zero-order chi connectivity index (χ0) is 21.6. The lowest BCUT2D eigenvalue weighted by Crippen LogP contribution is -2.55. The second-order valence-corrected chi connectivity index (χ2v) is 7.09. The molecule has 3 N–H and O–H groups in total. The Morgan fingerprint density at radius 1 is 1.17 bits per heavy atom. The van der Waals surface area contributed by atoms with Crippen molar-refractivity contribution in [2.24, 2.45) is 0 Å². The summed E-state index contributed by atoms with van der Waals surface area (Å²) in [5.41, 5.74) is 3.57. The molecule has 2 rings (SSSR count). The van der Waals surface area contributed by atoms with Crippen LogP contribution in [0.25, 0.3) is 0 Å². The number of para-hydroxylation sites is 1. The Kier molecular flexibility index (Phi) is 7.76. The number of anilines is 1. The monoisotopic (exact) mass is 394 g/mol. The lowest BCUT2D eigenvalue weighted by molar-refractivity contribution is -0.125. The molecule has 0 saturated carbocycles. The molecule has 0 saturated heterocycles. The molecule has 7 heteroatoms. The van der Waals surface area contributed by atoms with Gasteiger partial charge >= 0.3 is 7.12 Å². The number of carbonyl (C=O) groups is 2. The van der Waals surface area contributed by atoms with Gasteiger partial charge in [-0.3, -0.25) is 14.5 Å². The van der Waals surface area contributed by atoms with Crippen LogP contribution < -0.4 is 10.2 Å². The van der Waals surface area contributed by atoms with E-state index in [9.17, 15) is 19.6 Å². The Balaban J connectivity index is 2.20. The van der Waals surface area contributed by atoms with Gasteiger partial charge in [-0.25, -0.2) is 0 Å². The van der Waals surface area contributed by atoms with Crippen LogP contribution in [0, 0.1) is 13.8 Å². The highest BCUT2D eigenvalue weighted by atomic mass is 16.4. The number of nitrogens with one attached hydrogen (secondary N) is 1. The average molecular weight is 394 g/mol. The maximum absolute atomic E-state index is 12.9. The first-order valence-corrected chi connectivity index (χ1v) is 9.48. The summed E-state index contributed by atoms with van der Waals surface area (Å²) in [6.45, 7) is 9.01. The molecular weight excluding hydrogens is 367 g/mol. The third kappa shape index (κ3) is 5.79. The van der Waals surface area contributed by atoms with Crippen molar-refractivity contribution in [2.45, 2.75) is 39.2 Å². The number of hydrogen-bond acceptors (Lipinski definition) is 4. The van der Waals surface area contributed by atoms with Crippen molar-refractivity contribution in [2.75, 3.05) is 4.90 Å². The highest BCUT2D eigenvalue weighted by molar-refractivity contribution is 6.43. The fourth-order valence-corrected chi connectivity index (χ4v) is 3.19. The van der Waals surface area contributed by atoms with E-state index in [1.165, 1.54) is 4.90 Å². The number of amides is 2. The quantitative estimate of drug-likeness (QED) is 0.472. The molecule has 0 aromatic heterocycles. The van der Waals surface area contributed by atoms with Gasteiger partial charge in [0, 0.05) is 5.69 Å². The summed E-state index contributed by atoms with van der Waals surface area (Å²) in [5.74, 6) is -1.83. The topological polar surface area (TPSA) is 89.9 Å². The Morgan fingerprint density at radius 2 is 1.83 bits per heavy atom. The zero-order valence-electron chi connectivity index (χ0n) is 17.0. The Labute approximate surface area is 172 Å². The van der Waals surface area contributed by atoms with E-state index in [2.05, 4.69) is 11.9 Å². The molecular formula is C22H27BN2O4. The molecule has 2 aromatic carbocycles. The molecule has 2 amide bonds. The molecule has 0 heterocycles. The molecule has 152 valence electrons. The summed E-state index contributed by atoms with van der Waals surface area (Å²) in [4.78, 5) is 26.6. The van der Waals surface area contributed by atoms with Crippen molar-refractivity contribution in [3.05, 3.63) is 77.9 Å². The molecule has 2 aromatic rings. The predicted octanol–water partition coefficient (Wildman–Crippen LogP) is 1.95. The van der Waals surface area contributed by atoms with Crippen LogP contribution in [0.2, 0.25) is 0 Å². The van der Waals surface area contributed by atoms with Gasteiger partial charge in [-0.1, -0.05) is 48.5 Å². The van der Waals surface area contributed by atoms with Crippen LogP contribution in [0.1, 0.15) is 23.6 Å². The predicted molar refractivity (Wildman–Crippen MR) is 115 cm³/mol. The minimum atomic E-state index is -1.74. The summed E-state index contributed by atoms with van der Waals surface area (Å²) in [5, 5.41) is 22.3. The summed E-state index contributed by atoms with van der Waals surface area (Å²) >= 11 is 0. The molecule has 0 aliphatic rings. The van der Waals surface area contributed by atoms with Gasteiger partial charge in [-0.2, -0.15) is 0 Å². The van der Waals surface area contributed by atoms with E-state index >= 15 is 0 Å². The smallest absolute Gasteiger partial charge is 0.426 e. The van der Waals surface area contributed by atoms with Gasteiger partial charge in [-0.15, -0.1) is 0 Å². The first-order chi connectivity index (χ1) is 13.7. The van der Waals surface area contributed by atoms with E-state index in [0.29, 0.717) is 5.69 Å². The SMILES string of the molecule is C=CC(=O)N(c1ccccc1)[C@@H](C)C(=O)N[C@@H](Cc1ccc(C)cc1C)B(O)O. The average Bonchev–Trinajstić information content (AvgIpc) is 2.69. The summed E-state index contributed by atoms with van der Waals surface area (Å²) in [7, 11) is -1.74. The summed E-state index contributed by atoms with van der Waals surface area (Å²) in [6.07, 6.45) is 1.40. The van der Waals surface area contributed by atoms with Gasteiger partial charge in [-0.05, 0) is 56.5 Å². The molecule has 0 aliphatic carbocycles. The van der Waals surface area contributed by atoms with E-state index in [1.807, 2.05) is 38.1 Å². The van der Waals surface area contributed by atoms with Crippen LogP contribution >= 0.6 is 0 Å². The van der Waals surface area contributed by atoms with Crippen LogP contribution in [0.4, 0.5) is 5.69 Å². The van der Waals surface area contributed by atoms with Crippen molar-refractivity contribution in [3.8, 4) is 0 Å². The second kappa shape index (κ2) is 10.0. The van der Waals surface area contributed by atoms with E-state index in [4.69, 9.17) is 0 Å². The number of carbonyl (C=O) groups excluding carboxylic acids is 2. The minimum absolute atomic E-state index is 0.253. The molecule has 2 atom stereocenters. The van der Waals surface area contributed by atoms with Gasteiger partial charge < -0.3 is 15.4 Å². The fraction of sp³-hybridized carbons (Fsp3) is 0.273. The van der Waals surface area contributed by atoms with Crippen LogP contribution in [0.15, 0.2) is 61.2 Å². The van der Waals surface area contributed by atoms with Gasteiger partial charge in [0.1, 0.15) is 6.04 Å². The number of hydrogen-bond donors (Lipinski definition) is 3. The van der Waals surface area contributed by atoms with E-state index in [0.717, 1.165) is 22.8 Å². The minimum Gasteiger partial charge on any atom is -0.426 e.